The largest absolute Gasteiger partial charge is 0.360 e. The van der Waals surface area contributed by atoms with Gasteiger partial charge in [-0.15, -0.1) is 11.3 Å². The van der Waals surface area contributed by atoms with Crippen LogP contribution in [0.2, 0.25) is 0 Å². The fraction of sp³-hybridized carbons (Fsp3) is 0.462. The fourth-order valence-corrected chi connectivity index (χ4v) is 2.40. The van der Waals surface area contributed by atoms with E-state index in [0.29, 0.717) is 23.6 Å². The molecule has 0 unspecified atom stereocenters. The highest BCUT2D eigenvalue weighted by Gasteiger charge is 2.22. The Hall–Kier alpha value is -1.69. The molecule has 0 aromatic carbocycles. The standard InChI is InChI=1S/C13H17N3O2S/c1-8(2)12-11(9(3)16-18-12)13(17)14-5-4-10-6-19-7-15-10/h6-8H,4-5H2,1-3H3,(H,14,17). The van der Waals surface area contributed by atoms with Crippen LogP contribution >= 0.6 is 11.3 Å². The molecule has 0 aliphatic carbocycles. The Balaban J connectivity index is 1.98. The maximum Gasteiger partial charge on any atom is 0.256 e. The lowest BCUT2D eigenvalue weighted by atomic mass is 10.0. The summed E-state index contributed by atoms with van der Waals surface area (Å²) in [5.74, 6) is 0.654. The number of carbonyl (C=O) groups excluding carboxylic acids is 1. The van der Waals surface area contributed by atoms with Gasteiger partial charge < -0.3 is 9.84 Å². The highest BCUT2D eigenvalue weighted by atomic mass is 32.1. The molecule has 0 bridgehead atoms. The summed E-state index contributed by atoms with van der Waals surface area (Å²) < 4.78 is 5.21. The molecule has 2 aromatic heterocycles. The van der Waals surface area contributed by atoms with Gasteiger partial charge in [0.2, 0.25) is 0 Å². The van der Waals surface area contributed by atoms with Gasteiger partial charge >= 0.3 is 0 Å². The van der Waals surface area contributed by atoms with Crippen LogP contribution in [0.25, 0.3) is 0 Å². The highest BCUT2D eigenvalue weighted by Crippen LogP contribution is 2.21. The van der Waals surface area contributed by atoms with Gasteiger partial charge in [0.15, 0.2) is 5.76 Å². The minimum Gasteiger partial charge on any atom is -0.360 e. The van der Waals surface area contributed by atoms with Crippen molar-refractivity contribution in [2.75, 3.05) is 6.54 Å². The summed E-state index contributed by atoms with van der Waals surface area (Å²) in [6, 6.07) is 0. The zero-order chi connectivity index (χ0) is 13.8. The first-order valence-electron chi connectivity index (χ1n) is 6.21. The summed E-state index contributed by atoms with van der Waals surface area (Å²) in [7, 11) is 0. The minimum absolute atomic E-state index is 0.127. The third-order valence-corrected chi connectivity index (χ3v) is 3.43. The Morgan fingerprint density at radius 1 is 1.53 bits per heavy atom. The summed E-state index contributed by atoms with van der Waals surface area (Å²) in [5, 5.41) is 8.74. The first-order valence-corrected chi connectivity index (χ1v) is 7.15. The van der Waals surface area contributed by atoms with E-state index in [9.17, 15) is 4.79 Å². The molecule has 19 heavy (non-hydrogen) atoms. The van der Waals surface area contributed by atoms with Crippen molar-refractivity contribution in [1.82, 2.24) is 15.5 Å². The Labute approximate surface area is 116 Å². The van der Waals surface area contributed by atoms with Gasteiger partial charge in [-0.25, -0.2) is 4.98 Å². The van der Waals surface area contributed by atoms with E-state index < -0.39 is 0 Å². The van der Waals surface area contributed by atoms with Crippen LogP contribution in [0, 0.1) is 6.92 Å². The Morgan fingerprint density at radius 2 is 2.32 bits per heavy atom. The van der Waals surface area contributed by atoms with Crippen LogP contribution in [0.15, 0.2) is 15.4 Å². The molecular weight excluding hydrogens is 262 g/mol. The summed E-state index contributed by atoms with van der Waals surface area (Å²) in [4.78, 5) is 16.3. The van der Waals surface area contributed by atoms with E-state index in [2.05, 4.69) is 15.5 Å². The lowest BCUT2D eigenvalue weighted by Crippen LogP contribution is -2.27. The van der Waals surface area contributed by atoms with E-state index >= 15 is 0 Å². The number of aromatic nitrogens is 2. The minimum atomic E-state index is -0.127. The lowest BCUT2D eigenvalue weighted by molar-refractivity contribution is 0.0951. The van der Waals surface area contributed by atoms with Crippen LogP contribution in [0.3, 0.4) is 0 Å². The number of amides is 1. The Kier molecular flexibility index (Phi) is 4.31. The van der Waals surface area contributed by atoms with Crippen molar-refractivity contribution >= 4 is 17.2 Å². The maximum absolute atomic E-state index is 12.2. The number of rotatable bonds is 5. The zero-order valence-electron chi connectivity index (χ0n) is 11.3. The molecule has 102 valence electrons. The van der Waals surface area contributed by atoms with Gasteiger partial charge in [0.25, 0.3) is 5.91 Å². The topological polar surface area (TPSA) is 68.0 Å². The van der Waals surface area contributed by atoms with E-state index in [4.69, 9.17) is 4.52 Å². The molecule has 1 N–H and O–H groups in total. The fourth-order valence-electron chi connectivity index (χ4n) is 1.81. The molecule has 0 saturated carbocycles. The van der Waals surface area contributed by atoms with Gasteiger partial charge in [-0.2, -0.15) is 0 Å². The molecule has 2 aromatic rings. The number of thiazole rings is 1. The quantitative estimate of drug-likeness (QED) is 0.913. The SMILES string of the molecule is Cc1noc(C(C)C)c1C(=O)NCCc1cscn1. The number of aryl methyl sites for hydroxylation is 1. The van der Waals surface area contributed by atoms with Crippen molar-refractivity contribution < 1.29 is 9.32 Å². The van der Waals surface area contributed by atoms with Crippen molar-refractivity contribution in [2.45, 2.75) is 33.1 Å². The molecule has 0 aliphatic heterocycles. The van der Waals surface area contributed by atoms with E-state index in [1.54, 1.807) is 23.8 Å². The molecule has 2 heterocycles. The van der Waals surface area contributed by atoms with Gasteiger partial charge in [0.1, 0.15) is 5.56 Å². The molecule has 0 saturated heterocycles. The first-order chi connectivity index (χ1) is 9.09. The summed E-state index contributed by atoms with van der Waals surface area (Å²) in [5.41, 5.74) is 3.98. The predicted molar refractivity (Wildman–Crippen MR) is 73.5 cm³/mol. The van der Waals surface area contributed by atoms with E-state index in [1.807, 2.05) is 19.2 Å². The average molecular weight is 279 g/mol. The number of nitrogens with zero attached hydrogens (tertiary/aromatic N) is 2. The second-order valence-corrected chi connectivity index (χ2v) is 5.37. The normalized spacial score (nSPS) is 10.9. The number of carbonyl (C=O) groups is 1. The molecule has 1 amide bonds. The lowest BCUT2D eigenvalue weighted by Gasteiger charge is -2.06. The van der Waals surface area contributed by atoms with Crippen LogP contribution in [0.1, 0.15) is 47.3 Å². The van der Waals surface area contributed by atoms with Crippen LogP contribution in [0.5, 0.6) is 0 Å². The number of nitrogens with one attached hydrogen (secondary N) is 1. The Morgan fingerprint density at radius 3 is 2.95 bits per heavy atom. The molecule has 0 atom stereocenters. The summed E-state index contributed by atoms with van der Waals surface area (Å²) in [6.45, 7) is 6.30. The number of hydrogen-bond acceptors (Lipinski definition) is 5. The van der Waals surface area contributed by atoms with Crippen LogP contribution in [-0.4, -0.2) is 22.6 Å². The van der Waals surface area contributed by atoms with Crippen LogP contribution in [0.4, 0.5) is 0 Å². The molecule has 6 heteroatoms. The van der Waals surface area contributed by atoms with Gasteiger partial charge in [0, 0.05) is 24.3 Å². The van der Waals surface area contributed by atoms with Crippen LogP contribution < -0.4 is 5.32 Å². The monoisotopic (exact) mass is 279 g/mol. The molecule has 5 nitrogen and oxygen atoms in total. The maximum atomic E-state index is 12.2. The number of hydrogen-bond donors (Lipinski definition) is 1. The summed E-state index contributed by atoms with van der Waals surface area (Å²) in [6.07, 6.45) is 0.733. The molecule has 0 aliphatic rings. The van der Waals surface area contributed by atoms with E-state index in [0.717, 1.165) is 12.1 Å². The molecular formula is C13H17N3O2S. The van der Waals surface area contributed by atoms with Crippen LogP contribution in [-0.2, 0) is 6.42 Å². The zero-order valence-corrected chi connectivity index (χ0v) is 12.1. The molecule has 0 spiro atoms. The predicted octanol–water partition coefficient (Wildman–Crippen LogP) is 2.54. The Bertz CT molecular complexity index is 546. The van der Waals surface area contributed by atoms with Gasteiger partial charge in [-0.3, -0.25) is 4.79 Å². The molecule has 0 fully saturated rings. The first kappa shape index (κ1) is 13.7. The van der Waals surface area contributed by atoms with E-state index in [1.165, 1.54) is 0 Å². The van der Waals surface area contributed by atoms with Crippen molar-refractivity contribution in [3.8, 4) is 0 Å². The van der Waals surface area contributed by atoms with E-state index in [-0.39, 0.29) is 11.8 Å². The third-order valence-electron chi connectivity index (χ3n) is 2.79. The van der Waals surface area contributed by atoms with Gasteiger partial charge in [-0.05, 0) is 6.92 Å². The second kappa shape index (κ2) is 5.97. The molecule has 2 rings (SSSR count). The second-order valence-electron chi connectivity index (χ2n) is 4.65. The molecule has 0 radical (unpaired) electrons. The smallest absolute Gasteiger partial charge is 0.256 e. The third kappa shape index (κ3) is 3.20. The highest BCUT2D eigenvalue weighted by molar-refractivity contribution is 7.07. The summed E-state index contributed by atoms with van der Waals surface area (Å²) >= 11 is 1.56. The van der Waals surface area contributed by atoms with Crippen molar-refractivity contribution in [1.29, 1.82) is 0 Å². The van der Waals surface area contributed by atoms with Gasteiger partial charge in [0.05, 0.1) is 16.9 Å². The van der Waals surface area contributed by atoms with Crippen molar-refractivity contribution in [3.63, 3.8) is 0 Å². The van der Waals surface area contributed by atoms with Gasteiger partial charge in [-0.1, -0.05) is 19.0 Å². The van der Waals surface area contributed by atoms with Crippen molar-refractivity contribution in [3.05, 3.63) is 33.6 Å². The average Bonchev–Trinajstić information content (AvgIpc) is 2.98. The van der Waals surface area contributed by atoms with Crippen molar-refractivity contribution in [2.24, 2.45) is 0 Å².